The molecular formula is C17H12BrN3O7. The minimum absolute atomic E-state index is 0.0578. The number of imide groups is 1. The van der Waals surface area contributed by atoms with Crippen LogP contribution in [-0.4, -0.2) is 41.4 Å². The predicted octanol–water partition coefficient (Wildman–Crippen LogP) is 2.68. The maximum absolute atomic E-state index is 12.3. The quantitative estimate of drug-likeness (QED) is 0.244. The molecule has 0 bridgehead atoms. The van der Waals surface area contributed by atoms with Gasteiger partial charge in [-0.15, -0.1) is 0 Å². The summed E-state index contributed by atoms with van der Waals surface area (Å²) in [6, 6.07) is 6.66. The van der Waals surface area contributed by atoms with Gasteiger partial charge in [0, 0.05) is 28.2 Å². The van der Waals surface area contributed by atoms with Crippen LogP contribution in [0.1, 0.15) is 5.76 Å². The van der Waals surface area contributed by atoms with E-state index in [2.05, 4.69) is 26.0 Å². The van der Waals surface area contributed by atoms with Crippen molar-refractivity contribution < 1.29 is 28.5 Å². The van der Waals surface area contributed by atoms with E-state index in [0.717, 1.165) is 7.11 Å². The number of esters is 1. The minimum Gasteiger partial charge on any atom is -0.468 e. The number of urea groups is 1. The topological polar surface area (TPSA) is 132 Å². The van der Waals surface area contributed by atoms with Crippen molar-refractivity contribution in [3.8, 4) is 11.3 Å². The van der Waals surface area contributed by atoms with Crippen LogP contribution in [0.25, 0.3) is 17.4 Å². The molecule has 0 aliphatic carbocycles. The number of hydrogen-bond donors (Lipinski definition) is 1. The first-order chi connectivity index (χ1) is 13.3. The highest BCUT2D eigenvalue weighted by atomic mass is 79.9. The van der Waals surface area contributed by atoms with Gasteiger partial charge in [-0.1, -0.05) is 0 Å². The number of nitrogens with one attached hydrogen (secondary N) is 1. The molecule has 0 saturated carbocycles. The van der Waals surface area contributed by atoms with Gasteiger partial charge in [-0.2, -0.15) is 0 Å². The van der Waals surface area contributed by atoms with Gasteiger partial charge in [0.25, 0.3) is 11.6 Å². The van der Waals surface area contributed by atoms with E-state index >= 15 is 0 Å². The third-order valence-corrected chi connectivity index (χ3v) is 4.48. The summed E-state index contributed by atoms with van der Waals surface area (Å²) >= 11 is 3.26. The van der Waals surface area contributed by atoms with Crippen molar-refractivity contribution in [3.05, 3.63) is 56.4 Å². The molecule has 3 rings (SSSR count). The highest BCUT2D eigenvalue weighted by Gasteiger charge is 2.35. The molecule has 3 amide bonds. The van der Waals surface area contributed by atoms with Crippen LogP contribution in [0, 0.1) is 10.1 Å². The van der Waals surface area contributed by atoms with Crippen molar-refractivity contribution in [3.63, 3.8) is 0 Å². The second kappa shape index (κ2) is 7.64. The average Bonchev–Trinajstić information content (AvgIpc) is 3.21. The smallest absolute Gasteiger partial charge is 0.329 e. The van der Waals surface area contributed by atoms with E-state index in [9.17, 15) is 24.5 Å². The zero-order valence-corrected chi connectivity index (χ0v) is 15.9. The zero-order valence-electron chi connectivity index (χ0n) is 14.3. The van der Waals surface area contributed by atoms with Gasteiger partial charge >= 0.3 is 12.0 Å². The fourth-order valence-electron chi connectivity index (χ4n) is 2.44. The summed E-state index contributed by atoms with van der Waals surface area (Å²) in [6.45, 7) is -0.502. The normalized spacial score (nSPS) is 15.1. The van der Waals surface area contributed by atoms with Crippen LogP contribution in [0.2, 0.25) is 0 Å². The summed E-state index contributed by atoms with van der Waals surface area (Å²) in [5, 5.41) is 13.2. The summed E-state index contributed by atoms with van der Waals surface area (Å²) in [6.07, 6.45) is 1.32. The molecule has 1 fully saturated rings. The molecule has 10 nitrogen and oxygen atoms in total. The number of hydrogen-bond acceptors (Lipinski definition) is 7. The van der Waals surface area contributed by atoms with Crippen LogP contribution >= 0.6 is 15.9 Å². The SMILES string of the molecule is COC(=O)CN1C(=O)N/C(=C\c2ccc(-c3ccc([N+](=O)[O-])cc3Br)o2)C1=O. The molecule has 11 heteroatoms. The van der Waals surface area contributed by atoms with E-state index in [0.29, 0.717) is 20.7 Å². The van der Waals surface area contributed by atoms with Crippen LogP contribution < -0.4 is 5.32 Å². The summed E-state index contributed by atoms with van der Waals surface area (Å²) < 4.78 is 10.6. The lowest BCUT2D eigenvalue weighted by atomic mass is 10.1. The summed E-state index contributed by atoms with van der Waals surface area (Å²) in [7, 11) is 1.15. The molecular weight excluding hydrogens is 438 g/mol. The maximum atomic E-state index is 12.3. The van der Waals surface area contributed by atoms with Gasteiger partial charge in [0.05, 0.1) is 12.0 Å². The Kier molecular flexibility index (Phi) is 5.27. The number of carbonyl (C=O) groups excluding carboxylic acids is 3. The molecule has 1 saturated heterocycles. The number of nitrogens with zero attached hydrogens (tertiary/aromatic N) is 2. The monoisotopic (exact) mass is 449 g/mol. The largest absolute Gasteiger partial charge is 0.468 e. The van der Waals surface area contributed by atoms with Crippen molar-refractivity contribution in [2.24, 2.45) is 0 Å². The van der Waals surface area contributed by atoms with E-state index in [4.69, 9.17) is 4.42 Å². The van der Waals surface area contributed by atoms with Crippen molar-refractivity contribution in [2.45, 2.75) is 0 Å². The Bertz CT molecular complexity index is 1030. The molecule has 1 aliphatic heterocycles. The number of furan rings is 1. The lowest BCUT2D eigenvalue weighted by Gasteiger charge is -2.08. The molecule has 0 unspecified atom stereocenters. The molecule has 1 N–H and O–H groups in total. The molecule has 2 heterocycles. The van der Waals surface area contributed by atoms with E-state index in [1.807, 2.05) is 0 Å². The first-order valence-electron chi connectivity index (χ1n) is 7.75. The standard InChI is InChI=1S/C17H12BrN3O7/c1-27-15(22)8-20-16(23)13(19-17(20)24)7-10-3-5-14(28-10)11-4-2-9(21(25)26)6-12(11)18/h2-7H,8H2,1H3,(H,19,24)/b13-7-. The van der Waals surface area contributed by atoms with Crippen molar-refractivity contribution in [1.29, 1.82) is 0 Å². The maximum Gasteiger partial charge on any atom is 0.329 e. The highest BCUT2D eigenvalue weighted by Crippen LogP contribution is 2.33. The molecule has 0 radical (unpaired) electrons. The molecule has 0 atom stereocenters. The van der Waals surface area contributed by atoms with Gasteiger partial charge in [-0.25, -0.2) is 9.69 Å². The third-order valence-electron chi connectivity index (χ3n) is 3.82. The number of benzene rings is 1. The first-order valence-corrected chi connectivity index (χ1v) is 8.55. The lowest BCUT2D eigenvalue weighted by molar-refractivity contribution is -0.384. The second-order valence-corrected chi connectivity index (χ2v) is 6.43. The van der Waals surface area contributed by atoms with Crippen LogP contribution in [0.5, 0.6) is 0 Å². The number of non-ortho nitro benzene ring substituents is 1. The number of carbonyl (C=O) groups is 3. The molecule has 1 aromatic carbocycles. The van der Waals surface area contributed by atoms with Gasteiger partial charge < -0.3 is 14.5 Å². The summed E-state index contributed by atoms with van der Waals surface area (Å²) in [4.78, 5) is 46.4. The predicted molar refractivity (Wildman–Crippen MR) is 98.7 cm³/mol. The molecule has 144 valence electrons. The van der Waals surface area contributed by atoms with Gasteiger partial charge in [0.1, 0.15) is 23.8 Å². The van der Waals surface area contributed by atoms with E-state index in [1.165, 1.54) is 24.3 Å². The number of ether oxygens (including phenoxy) is 1. The Morgan fingerprint density at radius 3 is 2.75 bits per heavy atom. The number of rotatable bonds is 5. The van der Waals surface area contributed by atoms with Gasteiger partial charge in [0.2, 0.25) is 0 Å². The van der Waals surface area contributed by atoms with Crippen molar-refractivity contribution in [1.82, 2.24) is 10.2 Å². The molecule has 1 aromatic heterocycles. The number of nitro groups is 1. The number of amides is 3. The number of methoxy groups -OCH3 is 1. The van der Waals surface area contributed by atoms with Crippen LogP contribution in [-0.2, 0) is 14.3 Å². The minimum atomic E-state index is -0.744. The Morgan fingerprint density at radius 2 is 2.11 bits per heavy atom. The van der Waals surface area contributed by atoms with Crippen LogP contribution in [0.3, 0.4) is 0 Å². The third kappa shape index (κ3) is 3.78. The Balaban J connectivity index is 1.83. The van der Waals surface area contributed by atoms with Gasteiger partial charge in [-0.05, 0) is 34.1 Å². The summed E-state index contributed by atoms with van der Waals surface area (Å²) in [5.74, 6) is -0.751. The molecule has 0 spiro atoms. The van der Waals surface area contributed by atoms with E-state index < -0.39 is 29.4 Å². The van der Waals surface area contributed by atoms with Crippen LogP contribution in [0.4, 0.5) is 10.5 Å². The Labute approximate surface area is 166 Å². The van der Waals surface area contributed by atoms with Crippen LogP contribution in [0.15, 0.2) is 44.9 Å². The van der Waals surface area contributed by atoms with Crippen molar-refractivity contribution >= 4 is 45.6 Å². The fourth-order valence-corrected chi connectivity index (χ4v) is 3.01. The van der Waals surface area contributed by atoms with E-state index in [-0.39, 0.29) is 17.1 Å². The Morgan fingerprint density at radius 1 is 1.36 bits per heavy atom. The average molecular weight is 450 g/mol. The number of nitro benzene ring substituents is 1. The van der Waals surface area contributed by atoms with Gasteiger partial charge in [-0.3, -0.25) is 19.7 Å². The van der Waals surface area contributed by atoms with E-state index in [1.54, 1.807) is 12.1 Å². The summed E-state index contributed by atoms with van der Waals surface area (Å²) in [5.41, 5.74) is 0.441. The zero-order chi connectivity index (χ0) is 20.4. The molecule has 28 heavy (non-hydrogen) atoms. The Hall–Kier alpha value is -3.47. The molecule has 2 aromatic rings. The molecule has 1 aliphatic rings. The second-order valence-electron chi connectivity index (χ2n) is 5.58. The first kappa shape index (κ1) is 19.3. The van der Waals surface area contributed by atoms with Crippen molar-refractivity contribution in [2.75, 3.05) is 13.7 Å². The lowest BCUT2D eigenvalue weighted by Crippen LogP contribution is -2.36. The fraction of sp³-hybridized carbons (Fsp3) is 0.118. The number of halogens is 1. The highest BCUT2D eigenvalue weighted by molar-refractivity contribution is 9.10. The van der Waals surface area contributed by atoms with Gasteiger partial charge in [0.15, 0.2) is 0 Å².